The Balaban J connectivity index is 1.97. The molecule has 2 N–H and O–H groups in total. The molecule has 0 aliphatic rings. The summed E-state index contributed by atoms with van der Waals surface area (Å²) in [4.78, 5) is 28.0. The van der Waals surface area contributed by atoms with Crippen molar-refractivity contribution in [3.63, 3.8) is 0 Å². The van der Waals surface area contributed by atoms with E-state index in [2.05, 4.69) is 30.6 Å². The van der Waals surface area contributed by atoms with E-state index in [1.807, 2.05) is 0 Å². The zero-order valence-corrected chi connectivity index (χ0v) is 10.7. The number of aromatic nitrogens is 4. The molecule has 0 fully saturated rings. The van der Waals surface area contributed by atoms with Gasteiger partial charge in [-0.1, -0.05) is 0 Å². The van der Waals surface area contributed by atoms with E-state index in [4.69, 9.17) is 0 Å². The van der Waals surface area contributed by atoms with Crippen molar-refractivity contribution >= 4 is 11.7 Å². The molecule has 7 nitrogen and oxygen atoms in total. The average Bonchev–Trinajstić information content (AvgIpc) is 2.45. The highest BCUT2D eigenvalue weighted by Gasteiger charge is 2.07. The molecule has 0 aromatic carbocycles. The summed E-state index contributed by atoms with van der Waals surface area (Å²) in [6.45, 7) is 2.13. The molecule has 0 unspecified atom stereocenters. The number of nitrogens with one attached hydrogen (secondary N) is 2. The molecule has 0 aliphatic carbocycles. The van der Waals surface area contributed by atoms with Gasteiger partial charge in [0, 0.05) is 13.2 Å². The molecule has 0 spiro atoms. The number of hydrogen-bond donors (Lipinski definition) is 2. The van der Waals surface area contributed by atoms with Gasteiger partial charge in [-0.2, -0.15) is 0 Å². The Morgan fingerprint density at radius 1 is 1.26 bits per heavy atom. The summed E-state index contributed by atoms with van der Waals surface area (Å²) in [7, 11) is 1.74. The molecule has 0 saturated heterocycles. The van der Waals surface area contributed by atoms with Crippen LogP contribution in [-0.4, -0.2) is 32.9 Å². The van der Waals surface area contributed by atoms with Gasteiger partial charge in [0.05, 0.1) is 24.6 Å². The van der Waals surface area contributed by atoms with Crippen LogP contribution in [0, 0.1) is 6.92 Å². The second-order valence-electron chi connectivity index (χ2n) is 3.81. The van der Waals surface area contributed by atoms with Crippen molar-refractivity contribution in [2.45, 2.75) is 13.5 Å². The number of carbonyl (C=O) groups is 1. The molecule has 0 radical (unpaired) electrons. The number of nitrogens with zero attached hydrogens (tertiary/aromatic N) is 4. The summed E-state index contributed by atoms with van der Waals surface area (Å²) in [5.74, 6) is 0.999. The van der Waals surface area contributed by atoms with E-state index in [1.165, 1.54) is 12.4 Å². The molecule has 0 atom stereocenters. The number of carbonyl (C=O) groups excluding carboxylic acids is 1. The summed E-state index contributed by atoms with van der Waals surface area (Å²) < 4.78 is 0. The first kappa shape index (κ1) is 12.9. The van der Waals surface area contributed by atoms with Crippen LogP contribution in [0.2, 0.25) is 0 Å². The van der Waals surface area contributed by atoms with Crippen LogP contribution in [0.4, 0.5) is 5.82 Å². The Bertz CT molecular complexity index is 569. The molecule has 98 valence electrons. The molecule has 2 heterocycles. The lowest BCUT2D eigenvalue weighted by molar-refractivity contribution is 0.0945. The van der Waals surface area contributed by atoms with Crippen molar-refractivity contribution in [1.82, 2.24) is 25.3 Å². The summed E-state index contributed by atoms with van der Waals surface area (Å²) in [6, 6.07) is 1.75. The Kier molecular flexibility index (Phi) is 3.97. The van der Waals surface area contributed by atoms with Gasteiger partial charge in [-0.3, -0.25) is 4.79 Å². The maximum atomic E-state index is 11.8. The van der Waals surface area contributed by atoms with E-state index in [-0.39, 0.29) is 11.6 Å². The fourth-order valence-electron chi connectivity index (χ4n) is 1.44. The van der Waals surface area contributed by atoms with E-state index in [0.29, 0.717) is 18.2 Å². The quantitative estimate of drug-likeness (QED) is 0.831. The topological polar surface area (TPSA) is 92.7 Å². The third-order valence-electron chi connectivity index (χ3n) is 2.40. The summed E-state index contributed by atoms with van der Waals surface area (Å²) >= 11 is 0. The summed E-state index contributed by atoms with van der Waals surface area (Å²) in [5, 5.41) is 5.56. The van der Waals surface area contributed by atoms with E-state index in [9.17, 15) is 4.79 Å². The molecule has 1 amide bonds. The van der Waals surface area contributed by atoms with Crippen LogP contribution in [0.1, 0.15) is 22.0 Å². The number of amides is 1. The lowest BCUT2D eigenvalue weighted by atomic mass is 10.3. The molecular formula is C12H14N6O. The maximum absolute atomic E-state index is 11.8. The lowest BCUT2D eigenvalue weighted by Crippen LogP contribution is -2.24. The molecule has 2 aromatic heterocycles. The number of rotatable bonds is 4. The third-order valence-corrected chi connectivity index (χ3v) is 2.40. The Morgan fingerprint density at radius 2 is 2.11 bits per heavy atom. The third kappa shape index (κ3) is 3.44. The van der Waals surface area contributed by atoms with Crippen molar-refractivity contribution in [1.29, 1.82) is 0 Å². The number of hydrogen-bond acceptors (Lipinski definition) is 6. The molecule has 0 aliphatic heterocycles. The number of anilines is 1. The monoisotopic (exact) mass is 258 g/mol. The largest absolute Gasteiger partial charge is 0.372 e. The van der Waals surface area contributed by atoms with Crippen LogP contribution in [0.25, 0.3) is 0 Å². The van der Waals surface area contributed by atoms with Crippen LogP contribution in [0.5, 0.6) is 0 Å². The second kappa shape index (κ2) is 5.85. The fraction of sp³-hybridized carbons (Fsp3) is 0.250. The zero-order chi connectivity index (χ0) is 13.7. The Morgan fingerprint density at radius 3 is 2.74 bits per heavy atom. The van der Waals surface area contributed by atoms with Crippen LogP contribution in [0.3, 0.4) is 0 Å². The predicted octanol–water partition coefficient (Wildman–Crippen LogP) is 0.547. The summed E-state index contributed by atoms with van der Waals surface area (Å²) in [6.07, 6.45) is 4.58. The maximum Gasteiger partial charge on any atom is 0.271 e. The minimum atomic E-state index is -0.286. The van der Waals surface area contributed by atoms with Gasteiger partial charge in [0.25, 0.3) is 5.91 Å². The van der Waals surface area contributed by atoms with Gasteiger partial charge in [0.1, 0.15) is 17.3 Å². The van der Waals surface area contributed by atoms with Crippen molar-refractivity contribution < 1.29 is 4.79 Å². The minimum absolute atomic E-state index is 0.268. The standard InChI is InChI=1S/C12H14N6O/c1-8-14-4-3-9(18-8)5-17-12(19)10-6-16-11(13-2)7-15-10/h3-4,6-7H,5H2,1-2H3,(H,13,16)(H,17,19). The second-order valence-corrected chi connectivity index (χ2v) is 3.81. The molecule has 2 rings (SSSR count). The molecule has 2 aromatic rings. The van der Waals surface area contributed by atoms with E-state index < -0.39 is 0 Å². The predicted molar refractivity (Wildman–Crippen MR) is 69.5 cm³/mol. The highest BCUT2D eigenvalue weighted by Crippen LogP contribution is 2.00. The smallest absolute Gasteiger partial charge is 0.271 e. The van der Waals surface area contributed by atoms with Gasteiger partial charge in [-0.25, -0.2) is 19.9 Å². The molecule has 0 bridgehead atoms. The SMILES string of the molecule is CNc1cnc(C(=O)NCc2ccnc(C)n2)cn1. The van der Waals surface area contributed by atoms with E-state index >= 15 is 0 Å². The van der Waals surface area contributed by atoms with Gasteiger partial charge in [0.2, 0.25) is 0 Å². The Hall–Kier alpha value is -2.57. The molecule has 0 saturated carbocycles. The first-order valence-electron chi connectivity index (χ1n) is 5.75. The van der Waals surface area contributed by atoms with Crippen molar-refractivity contribution in [3.8, 4) is 0 Å². The van der Waals surface area contributed by atoms with Crippen LogP contribution in [-0.2, 0) is 6.54 Å². The van der Waals surface area contributed by atoms with Crippen molar-refractivity contribution in [2.75, 3.05) is 12.4 Å². The van der Waals surface area contributed by atoms with Crippen molar-refractivity contribution in [3.05, 3.63) is 41.9 Å². The molecular weight excluding hydrogens is 244 g/mol. The average molecular weight is 258 g/mol. The van der Waals surface area contributed by atoms with Gasteiger partial charge in [0.15, 0.2) is 0 Å². The molecule has 7 heteroatoms. The fourth-order valence-corrected chi connectivity index (χ4v) is 1.44. The Labute approximate surface area is 110 Å². The number of aryl methyl sites for hydroxylation is 1. The van der Waals surface area contributed by atoms with Gasteiger partial charge < -0.3 is 10.6 Å². The molecule has 19 heavy (non-hydrogen) atoms. The minimum Gasteiger partial charge on any atom is -0.372 e. The zero-order valence-electron chi connectivity index (χ0n) is 10.7. The highest BCUT2D eigenvalue weighted by molar-refractivity contribution is 5.91. The van der Waals surface area contributed by atoms with E-state index in [1.54, 1.807) is 26.2 Å². The van der Waals surface area contributed by atoms with Crippen molar-refractivity contribution in [2.24, 2.45) is 0 Å². The van der Waals surface area contributed by atoms with Gasteiger partial charge >= 0.3 is 0 Å². The van der Waals surface area contributed by atoms with Crippen LogP contribution in [0.15, 0.2) is 24.7 Å². The van der Waals surface area contributed by atoms with Gasteiger partial charge in [-0.05, 0) is 13.0 Å². The van der Waals surface area contributed by atoms with Crippen LogP contribution >= 0.6 is 0 Å². The highest BCUT2D eigenvalue weighted by atomic mass is 16.1. The van der Waals surface area contributed by atoms with E-state index in [0.717, 1.165) is 5.69 Å². The first-order valence-corrected chi connectivity index (χ1v) is 5.75. The lowest BCUT2D eigenvalue weighted by Gasteiger charge is -2.05. The summed E-state index contributed by atoms with van der Waals surface area (Å²) in [5.41, 5.74) is 1.02. The first-order chi connectivity index (χ1) is 9.19. The van der Waals surface area contributed by atoms with Crippen LogP contribution < -0.4 is 10.6 Å². The normalized spacial score (nSPS) is 10.0. The van der Waals surface area contributed by atoms with Gasteiger partial charge in [-0.15, -0.1) is 0 Å².